The highest BCUT2D eigenvalue weighted by molar-refractivity contribution is 6.17. The topological polar surface area (TPSA) is 0 Å². The second-order valence-corrected chi connectivity index (χ2v) is 6.37. The van der Waals surface area contributed by atoms with Crippen LogP contribution in [0.4, 0.5) is 0 Å². The number of halogens is 1. The van der Waals surface area contributed by atoms with Crippen LogP contribution in [0, 0.1) is 0 Å². The highest BCUT2D eigenvalue weighted by atomic mass is 35.5. The quantitative estimate of drug-likeness (QED) is 0.204. The molecule has 0 saturated carbocycles. The molecule has 19 heavy (non-hydrogen) atoms. The Bertz CT molecular complexity index is 129. The summed E-state index contributed by atoms with van der Waals surface area (Å²) >= 11 is 5.66. The molecular formula is C18H37Cl. The molecule has 0 bridgehead atoms. The zero-order valence-electron chi connectivity index (χ0n) is 13.4. The molecular weight excluding hydrogens is 252 g/mol. The van der Waals surface area contributed by atoms with Crippen molar-refractivity contribution in [2.75, 3.05) is 5.88 Å². The molecule has 116 valence electrons. The van der Waals surface area contributed by atoms with Crippen LogP contribution in [0.2, 0.25) is 0 Å². The van der Waals surface area contributed by atoms with Crippen molar-refractivity contribution in [1.29, 1.82) is 0 Å². The lowest BCUT2D eigenvalue weighted by Crippen LogP contribution is -1.83. The molecule has 1 heteroatoms. The zero-order chi connectivity index (χ0) is 14.0. The molecule has 0 rings (SSSR count). The Balaban J connectivity index is 2.88. The van der Waals surface area contributed by atoms with Crippen LogP contribution in [0.3, 0.4) is 0 Å². The van der Waals surface area contributed by atoms with Crippen LogP contribution in [0.1, 0.15) is 110 Å². The van der Waals surface area contributed by atoms with Gasteiger partial charge in [-0.1, -0.05) is 103 Å². The Morgan fingerprint density at radius 3 is 0.947 bits per heavy atom. The first kappa shape index (κ1) is 19.3. The van der Waals surface area contributed by atoms with E-state index < -0.39 is 0 Å². The maximum atomic E-state index is 5.66. The molecule has 0 aromatic carbocycles. The monoisotopic (exact) mass is 288 g/mol. The molecule has 0 unspecified atom stereocenters. The Hall–Kier alpha value is 0.290. The highest BCUT2D eigenvalue weighted by Crippen LogP contribution is 2.13. The SMILES string of the molecule is CCCCCCCCCCCCCCCCCCCl. The van der Waals surface area contributed by atoms with Gasteiger partial charge in [-0.2, -0.15) is 0 Å². The smallest absolute Gasteiger partial charge is 0.0223 e. The van der Waals surface area contributed by atoms with Crippen LogP contribution < -0.4 is 0 Å². The van der Waals surface area contributed by atoms with Crippen LogP contribution in [-0.2, 0) is 0 Å². The maximum Gasteiger partial charge on any atom is 0.0223 e. The number of alkyl halides is 1. The lowest BCUT2D eigenvalue weighted by molar-refractivity contribution is 0.531. The van der Waals surface area contributed by atoms with Gasteiger partial charge in [0, 0.05) is 5.88 Å². The first-order valence-corrected chi connectivity index (χ1v) is 9.51. The fraction of sp³-hybridized carbons (Fsp3) is 1.00. The van der Waals surface area contributed by atoms with Gasteiger partial charge in [0.05, 0.1) is 0 Å². The molecule has 0 aliphatic rings. The van der Waals surface area contributed by atoms with Gasteiger partial charge >= 0.3 is 0 Å². The van der Waals surface area contributed by atoms with Gasteiger partial charge in [-0.25, -0.2) is 0 Å². The molecule has 0 N–H and O–H groups in total. The van der Waals surface area contributed by atoms with Gasteiger partial charge in [0.15, 0.2) is 0 Å². The summed E-state index contributed by atoms with van der Waals surface area (Å²) in [6.07, 6.45) is 22.8. The van der Waals surface area contributed by atoms with E-state index in [1.165, 1.54) is 103 Å². The molecule has 0 atom stereocenters. The summed E-state index contributed by atoms with van der Waals surface area (Å²) < 4.78 is 0. The zero-order valence-corrected chi connectivity index (χ0v) is 14.2. The highest BCUT2D eigenvalue weighted by Gasteiger charge is 1.94. The Kier molecular flexibility index (Phi) is 18.6. The van der Waals surface area contributed by atoms with E-state index in [4.69, 9.17) is 11.6 Å². The van der Waals surface area contributed by atoms with E-state index in [0.29, 0.717) is 0 Å². The van der Waals surface area contributed by atoms with E-state index in [0.717, 1.165) is 5.88 Å². The van der Waals surface area contributed by atoms with Gasteiger partial charge in [0.25, 0.3) is 0 Å². The Labute approximate surface area is 127 Å². The van der Waals surface area contributed by atoms with Crippen molar-refractivity contribution in [3.63, 3.8) is 0 Å². The second-order valence-electron chi connectivity index (χ2n) is 5.99. The molecule has 0 heterocycles. The average Bonchev–Trinajstić information content (AvgIpc) is 2.43. The predicted octanol–water partition coefficient (Wildman–Crippen LogP) is 7.49. The summed E-state index contributed by atoms with van der Waals surface area (Å²) in [5.41, 5.74) is 0. The van der Waals surface area contributed by atoms with Gasteiger partial charge in [-0.05, 0) is 6.42 Å². The summed E-state index contributed by atoms with van der Waals surface area (Å²) in [5.74, 6) is 0.846. The van der Waals surface area contributed by atoms with Gasteiger partial charge in [-0.15, -0.1) is 11.6 Å². The van der Waals surface area contributed by atoms with Crippen LogP contribution >= 0.6 is 11.6 Å². The molecule has 0 saturated heterocycles. The third-order valence-electron chi connectivity index (χ3n) is 3.99. The predicted molar refractivity (Wildman–Crippen MR) is 90.3 cm³/mol. The number of unbranched alkanes of at least 4 members (excludes halogenated alkanes) is 15. The van der Waals surface area contributed by atoms with E-state index in [1.807, 2.05) is 0 Å². The number of rotatable bonds is 16. The van der Waals surface area contributed by atoms with Gasteiger partial charge < -0.3 is 0 Å². The van der Waals surface area contributed by atoms with Crippen molar-refractivity contribution in [3.05, 3.63) is 0 Å². The summed E-state index contributed by atoms with van der Waals surface area (Å²) in [6.45, 7) is 2.29. The number of hydrogen-bond donors (Lipinski definition) is 0. The molecule has 0 spiro atoms. The normalized spacial score (nSPS) is 11.1. The Morgan fingerprint density at radius 1 is 0.421 bits per heavy atom. The molecule has 0 aromatic heterocycles. The molecule has 0 nitrogen and oxygen atoms in total. The Morgan fingerprint density at radius 2 is 0.684 bits per heavy atom. The first-order chi connectivity index (χ1) is 9.41. The van der Waals surface area contributed by atoms with E-state index in [2.05, 4.69) is 6.92 Å². The molecule has 0 aromatic rings. The largest absolute Gasteiger partial charge is 0.127 e. The first-order valence-electron chi connectivity index (χ1n) is 8.97. The van der Waals surface area contributed by atoms with Crippen molar-refractivity contribution in [2.45, 2.75) is 110 Å². The standard InChI is InChI=1S/C18H37Cl/c1-2-3-4-5-6-7-8-9-10-11-12-13-14-15-16-17-18-19/h2-18H2,1H3. The van der Waals surface area contributed by atoms with Crippen molar-refractivity contribution in [1.82, 2.24) is 0 Å². The van der Waals surface area contributed by atoms with Crippen molar-refractivity contribution in [2.24, 2.45) is 0 Å². The maximum absolute atomic E-state index is 5.66. The fourth-order valence-electron chi connectivity index (χ4n) is 2.64. The summed E-state index contributed by atoms with van der Waals surface area (Å²) in [4.78, 5) is 0. The van der Waals surface area contributed by atoms with Crippen molar-refractivity contribution < 1.29 is 0 Å². The minimum Gasteiger partial charge on any atom is -0.127 e. The van der Waals surface area contributed by atoms with Gasteiger partial charge in [0.1, 0.15) is 0 Å². The summed E-state index contributed by atoms with van der Waals surface area (Å²) in [7, 11) is 0. The molecule has 0 radical (unpaired) electrons. The average molecular weight is 289 g/mol. The van der Waals surface area contributed by atoms with Gasteiger partial charge in [0.2, 0.25) is 0 Å². The lowest BCUT2D eigenvalue weighted by Gasteiger charge is -2.03. The summed E-state index contributed by atoms with van der Waals surface area (Å²) in [6, 6.07) is 0. The second kappa shape index (κ2) is 18.3. The van der Waals surface area contributed by atoms with E-state index in [9.17, 15) is 0 Å². The van der Waals surface area contributed by atoms with E-state index in [1.54, 1.807) is 0 Å². The summed E-state index contributed by atoms with van der Waals surface area (Å²) in [5, 5.41) is 0. The van der Waals surface area contributed by atoms with Crippen molar-refractivity contribution in [3.8, 4) is 0 Å². The van der Waals surface area contributed by atoms with Crippen LogP contribution in [-0.4, -0.2) is 5.88 Å². The fourth-order valence-corrected chi connectivity index (χ4v) is 2.83. The molecule has 0 aliphatic carbocycles. The van der Waals surface area contributed by atoms with E-state index in [-0.39, 0.29) is 0 Å². The number of hydrogen-bond acceptors (Lipinski definition) is 0. The lowest BCUT2D eigenvalue weighted by atomic mass is 10.0. The van der Waals surface area contributed by atoms with Crippen molar-refractivity contribution >= 4 is 11.6 Å². The molecule has 0 fully saturated rings. The van der Waals surface area contributed by atoms with Gasteiger partial charge in [-0.3, -0.25) is 0 Å². The minimum atomic E-state index is 0.846. The molecule has 0 amide bonds. The minimum absolute atomic E-state index is 0.846. The van der Waals surface area contributed by atoms with Crippen LogP contribution in [0.15, 0.2) is 0 Å². The van der Waals surface area contributed by atoms with Crippen LogP contribution in [0.5, 0.6) is 0 Å². The third-order valence-corrected chi connectivity index (χ3v) is 4.25. The van der Waals surface area contributed by atoms with E-state index >= 15 is 0 Å². The molecule has 0 aliphatic heterocycles. The van der Waals surface area contributed by atoms with Crippen LogP contribution in [0.25, 0.3) is 0 Å². The third kappa shape index (κ3) is 18.3.